The molecular weight excluding hydrogens is 302 g/mol. The van der Waals surface area contributed by atoms with Crippen LogP contribution in [0.1, 0.15) is 35.8 Å². The van der Waals surface area contributed by atoms with Gasteiger partial charge in [-0.05, 0) is 52.6 Å². The number of hydrogen-bond donors (Lipinski definition) is 0. The summed E-state index contributed by atoms with van der Waals surface area (Å²) in [5, 5.41) is 8.64. The van der Waals surface area contributed by atoms with E-state index in [0.717, 1.165) is 29.1 Å². The first-order chi connectivity index (χ1) is 11.4. The summed E-state index contributed by atoms with van der Waals surface area (Å²) < 4.78 is 7.41. The van der Waals surface area contributed by atoms with Gasteiger partial charge in [0, 0.05) is 11.3 Å². The molecule has 0 saturated carbocycles. The van der Waals surface area contributed by atoms with Crippen molar-refractivity contribution in [3.8, 4) is 11.4 Å². The third kappa shape index (κ3) is 3.38. The number of hydrogen-bond acceptors (Lipinski definition) is 5. The summed E-state index contributed by atoms with van der Waals surface area (Å²) in [4.78, 5) is 6.57. The van der Waals surface area contributed by atoms with Crippen LogP contribution in [0.4, 0.5) is 0 Å². The van der Waals surface area contributed by atoms with Gasteiger partial charge in [0.2, 0.25) is 11.7 Å². The molecule has 0 N–H and O–H groups in total. The van der Waals surface area contributed by atoms with Crippen LogP contribution in [-0.2, 0) is 6.54 Å². The van der Waals surface area contributed by atoms with Crippen molar-refractivity contribution in [1.82, 2.24) is 24.8 Å². The van der Waals surface area contributed by atoms with E-state index < -0.39 is 0 Å². The first kappa shape index (κ1) is 16.4. The van der Waals surface area contributed by atoms with Crippen LogP contribution in [0.3, 0.4) is 0 Å². The van der Waals surface area contributed by atoms with Crippen LogP contribution in [0.15, 0.2) is 34.9 Å². The number of nitrogens with zero attached hydrogens (tertiary/aromatic N) is 5. The van der Waals surface area contributed by atoms with Gasteiger partial charge in [-0.15, -0.1) is 0 Å². The normalized spacial score (nSPS) is 12.8. The smallest absolute Gasteiger partial charge is 0.244 e. The van der Waals surface area contributed by atoms with Gasteiger partial charge in [-0.3, -0.25) is 9.58 Å². The van der Waals surface area contributed by atoms with Crippen LogP contribution in [0.2, 0.25) is 0 Å². The van der Waals surface area contributed by atoms with Gasteiger partial charge in [0.15, 0.2) is 0 Å². The second-order valence-electron chi connectivity index (χ2n) is 6.38. The molecule has 3 aromatic rings. The maximum absolute atomic E-state index is 5.40. The molecule has 6 heteroatoms. The van der Waals surface area contributed by atoms with E-state index >= 15 is 0 Å². The van der Waals surface area contributed by atoms with Crippen molar-refractivity contribution in [2.24, 2.45) is 0 Å². The van der Waals surface area contributed by atoms with E-state index in [-0.39, 0.29) is 6.04 Å². The molecule has 0 aliphatic heterocycles. The Morgan fingerprint density at radius 1 is 1.21 bits per heavy atom. The van der Waals surface area contributed by atoms with Gasteiger partial charge < -0.3 is 4.52 Å². The van der Waals surface area contributed by atoms with E-state index in [1.54, 1.807) is 0 Å². The van der Waals surface area contributed by atoms with Gasteiger partial charge in [-0.2, -0.15) is 10.1 Å². The first-order valence-electron chi connectivity index (χ1n) is 8.04. The van der Waals surface area contributed by atoms with E-state index in [4.69, 9.17) is 4.52 Å². The van der Waals surface area contributed by atoms with Crippen molar-refractivity contribution >= 4 is 0 Å². The van der Waals surface area contributed by atoms with Crippen molar-refractivity contribution in [2.45, 2.75) is 33.4 Å². The van der Waals surface area contributed by atoms with E-state index in [1.807, 2.05) is 49.7 Å². The number of aromatic nitrogens is 4. The Morgan fingerprint density at radius 2 is 2.00 bits per heavy atom. The van der Waals surface area contributed by atoms with E-state index in [0.29, 0.717) is 11.7 Å². The van der Waals surface area contributed by atoms with Crippen LogP contribution in [0, 0.1) is 13.8 Å². The zero-order chi connectivity index (χ0) is 17.3. The lowest BCUT2D eigenvalue weighted by molar-refractivity contribution is 0.245. The Morgan fingerprint density at radius 3 is 2.67 bits per heavy atom. The fourth-order valence-electron chi connectivity index (χ4n) is 2.56. The predicted octanol–water partition coefficient (Wildman–Crippen LogP) is 3.22. The molecule has 24 heavy (non-hydrogen) atoms. The predicted molar refractivity (Wildman–Crippen MR) is 92.6 cm³/mol. The molecular formula is C18H23N5O. The third-order valence-corrected chi connectivity index (χ3v) is 4.19. The lowest BCUT2D eigenvalue weighted by atomic mass is 10.1. The molecule has 1 aromatic carbocycles. The van der Waals surface area contributed by atoms with Crippen LogP contribution >= 0.6 is 0 Å². The highest BCUT2D eigenvalue weighted by Gasteiger charge is 2.17. The Balaban J connectivity index is 1.84. The zero-order valence-electron chi connectivity index (χ0n) is 14.8. The highest BCUT2D eigenvalue weighted by atomic mass is 16.5. The van der Waals surface area contributed by atoms with Crippen LogP contribution in [-0.4, -0.2) is 38.9 Å². The number of benzene rings is 1. The third-order valence-electron chi connectivity index (χ3n) is 4.19. The lowest BCUT2D eigenvalue weighted by Gasteiger charge is -2.14. The maximum Gasteiger partial charge on any atom is 0.244 e. The molecule has 2 aromatic heterocycles. The molecule has 0 fully saturated rings. The Kier molecular flexibility index (Phi) is 4.49. The minimum Gasteiger partial charge on any atom is -0.337 e. The van der Waals surface area contributed by atoms with Gasteiger partial charge in [-0.1, -0.05) is 23.4 Å². The van der Waals surface area contributed by atoms with Crippen LogP contribution in [0.25, 0.3) is 11.4 Å². The molecule has 126 valence electrons. The monoisotopic (exact) mass is 325 g/mol. The fourth-order valence-corrected chi connectivity index (χ4v) is 2.56. The summed E-state index contributed by atoms with van der Waals surface area (Å²) in [7, 11) is 3.98. The quantitative estimate of drug-likeness (QED) is 0.721. The second-order valence-corrected chi connectivity index (χ2v) is 6.38. The highest BCUT2D eigenvalue weighted by Crippen LogP contribution is 2.22. The summed E-state index contributed by atoms with van der Waals surface area (Å²) >= 11 is 0. The number of rotatable bonds is 5. The average molecular weight is 325 g/mol. The Bertz CT molecular complexity index is 834. The van der Waals surface area contributed by atoms with Crippen molar-refractivity contribution in [2.75, 3.05) is 14.1 Å². The van der Waals surface area contributed by atoms with Crippen molar-refractivity contribution in [3.05, 3.63) is 53.2 Å². The average Bonchev–Trinajstić information content (AvgIpc) is 3.14. The molecule has 1 atom stereocenters. The topological polar surface area (TPSA) is 60.0 Å². The van der Waals surface area contributed by atoms with Crippen molar-refractivity contribution < 1.29 is 4.52 Å². The van der Waals surface area contributed by atoms with Gasteiger partial charge in [0.1, 0.15) is 0 Å². The van der Waals surface area contributed by atoms with Gasteiger partial charge in [0.05, 0.1) is 18.3 Å². The standard InChI is InChI=1S/C18H23N5O/c1-12-9-13(2)23(20-12)11-15-7-6-8-16(10-15)17-19-18(24-21-17)14(3)22(4)5/h6-10,14H,11H2,1-5H3/t14-/m1/s1. The van der Waals surface area contributed by atoms with Crippen LogP contribution < -0.4 is 0 Å². The minimum absolute atomic E-state index is 0.0872. The molecule has 6 nitrogen and oxygen atoms in total. The largest absolute Gasteiger partial charge is 0.337 e. The lowest BCUT2D eigenvalue weighted by Crippen LogP contribution is -2.16. The van der Waals surface area contributed by atoms with Gasteiger partial charge in [0.25, 0.3) is 0 Å². The molecule has 0 radical (unpaired) electrons. The molecule has 3 rings (SSSR count). The molecule has 0 aliphatic carbocycles. The van der Waals surface area contributed by atoms with Crippen molar-refractivity contribution in [3.63, 3.8) is 0 Å². The van der Waals surface area contributed by atoms with E-state index in [1.165, 1.54) is 0 Å². The summed E-state index contributed by atoms with van der Waals surface area (Å²) in [6, 6.07) is 10.4. The summed E-state index contributed by atoms with van der Waals surface area (Å²) in [6.07, 6.45) is 0. The van der Waals surface area contributed by atoms with Crippen molar-refractivity contribution in [1.29, 1.82) is 0 Å². The fraction of sp³-hybridized carbons (Fsp3) is 0.389. The molecule has 0 bridgehead atoms. The Hall–Kier alpha value is -2.47. The summed E-state index contributed by atoms with van der Waals surface area (Å²) in [5.41, 5.74) is 4.30. The zero-order valence-corrected chi connectivity index (χ0v) is 14.8. The molecule has 0 saturated heterocycles. The minimum atomic E-state index is 0.0872. The SMILES string of the molecule is Cc1cc(C)n(Cc2cccc(-c3noc([C@@H](C)N(C)C)n3)c2)n1. The highest BCUT2D eigenvalue weighted by molar-refractivity contribution is 5.55. The van der Waals surface area contributed by atoms with Gasteiger partial charge in [-0.25, -0.2) is 0 Å². The molecule has 0 amide bonds. The Labute approximate surface area is 142 Å². The van der Waals surface area contributed by atoms with E-state index in [9.17, 15) is 0 Å². The summed E-state index contributed by atoms with van der Waals surface area (Å²) in [6.45, 7) is 6.84. The molecule has 0 spiro atoms. The molecule has 0 unspecified atom stereocenters. The molecule has 0 aliphatic rings. The van der Waals surface area contributed by atoms with Crippen LogP contribution in [0.5, 0.6) is 0 Å². The maximum atomic E-state index is 5.40. The molecule has 2 heterocycles. The van der Waals surface area contributed by atoms with Gasteiger partial charge >= 0.3 is 0 Å². The van der Waals surface area contributed by atoms with E-state index in [2.05, 4.69) is 40.4 Å². The second kappa shape index (κ2) is 6.57. The first-order valence-corrected chi connectivity index (χ1v) is 8.04. The summed E-state index contributed by atoms with van der Waals surface area (Å²) in [5.74, 6) is 1.24. The number of aryl methyl sites for hydroxylation is 2.